The van der Waals surface area contributed by atoms with Crippen molar-refractivity contribution in [1.29, 1.82) is 0 Å². The molecule has 302 valence electrons. The zero-order valence-electron chi connectivity index (χ0n) is 34.9. The van der Waals surface area contributed by atoms with E-state index in [1.165, 1.54) is 32.3 Å². The first kappa shape index (κ1) is 35.7. The van der Waals surface area contributed by atoms with Gasteiger partial charge in [0.25, 0.3) is 0 Å². The quantitative estimate of drug-likeness (QED) is 0.173. The van der Waals surface area contributed by atoms with Crippen molar-refractivity contribution in [3.05, 3.63) is 212 Å². The van der Waals surface area contributed by atoms with Gasteiger partial charge in [0, 0.05) is 49.3 Å². The molecule has 10 aromatic carbocycles. The first-order valence-corrected chi connectivity index (χ1v) is 21.9. The lowest BCUT2D eigenvalue weighted by Gasteiger charge is -2.14. The molecule has 0 radical (unpaired) electrons. The first-order chi connectivity index (χ1) is 32.2. The molecule has 0 spiro atoms. The molecule has 0 unspecified atom stereocenters. The van der Waals surface area contributed by atoms with E-state index in [-0.39, 0.29) is 0 Å². The summed E-state index contributed by atoms with van der Waals surface area (Å²) in [7, 11) is 0. The number of rotatable bonds is 5. The zero-order valence-corrected chi connectivity index (χ0v) is 34.9. The van der Waals surface area contributed by atoms with E-state index in [0.717, 1.165) is 82.8 Å². The maximum absolute atomic E-state index is 6.82. The van der Waals surface area contributed by atoms with Gasteiger partial charge in [0.15, 0.2) is 17.5 Å². The SMILES string of the molecule is c1ccc(-c2nc(-c3cc(-n4c5cc6ccccc6cc5c5c6ccccc6ccc54)c4c(c3)oc3ccccc34)nc(-c3cccc4c5ccccc5n(-c5ccccc5)c34)n2)cc1. The van der Waals surface area contributed by atoms with Crippen LogP contribution in [0.3, 0.4) is 0 Å². The number of aromatic nitrogens is 5. The Hall–Kier alpha value is -8.87. The van der Waals surface area contributed by atoms with Crippen molar-refractivity contribution in [1.82, 2.24) is 24.1 Å². The number of nitrogens with zero attached hydrogens (tertiary/aromatic N) is 5. The second-order valence-corrected chi connectivity index (χ2v) is 16.8. The molecule has 0 aliphatic carbocycles. The van der Waals surface area contributed by atoms with Crippen molar-refractivity contribution in [3.8, 4) is 45.5 Å². The molecule has 4 heterocycles. The van der Waals surface area contributed by atoms with Gasteiger partial charge >= 0.3 is 0 Å². The largest absolute Gasteiger partial charge is 0.456 e. The van der Waals surface area contributed by atoms with Crippen LogP contribution in [0, 0.1) is 0 Å². The molecule has 4 aromatic heterocycles. The Kier molecular flexibility index (Phi) is 7.59. The van der Waals surface area contributed by atoms with Crippen molar-refractivity contribution in [2.75, 3.05) is 0 Å². The molecular weight excluding hydrogens is 795 g/mol. The smallest absolute Gasteiger partial charge is 0.166 e. The standard InChI is InChI=1S/C59H35N5O/c1-3-17-37(18-4-1)57-60-58(62-59(61-57)46-27-15-26-44-43-24-11-13-28-48(43)63(56(44)46)41-21-5-2-6-22-41)40-34-51(55-45-25-12-14-29-52(45)65-53(55)35-40)64-49-31-30-36-16-9-10-23-42(36)54(49)47-32-38-19-7-8-20-39(38)33-50(47)64/h1-35H. The maximum Gasteiger partial charge on any atom is 0.166 e. The van der Waals surface area contributed by atoms with Crippen LogP contribution in [0.5, 0.6) is 0 Å². The second kappa shape index (κ2) is 13.8. The molecule has 0 aliphatic rings. The van der Waals surface area contributed by atoms with Crippen LogP contribution in [0.1, 0.15) is 0 Å². The maximum atomic E-state index is 6.82. The predicted molar refractivity (Wildman–Crippen MR) is 267 cm³/mol. The lowest BCUT2D eigenvalue weighted by Crippen LogP contribution is -2.03. The summed E-state index contributed by atoms with van der Waals surface area (Å²) < 4.78 is 11.6. The molecule has 0 saturated carbocycles. The number of hydrogen-bond donors (Lipinski definition) is 0. The molecule has 6 heteroatoms. The van der Waals surface area contributed by atoms with E-state index < -0.39 is 0 Å². The van der Waals surface area contributed by atoms with Crippen molar-refractivity contribution in [3.63, 3.8) is 0 Å². The highest BCUT2D eigenvalue weighted by atomic mass is 16.3. The third-order valence-electron chi connectivity index (χ3n) is 13.1. The number of hydrogen-bond acceptors (Lipinski definition) is 4. The van der Waals surface area contributed by atoms with Crippen molar-refractivity contribution in [2.24, 2.45) is 0 Å². The monoisotopic (exact) mass is 829 g/mol. The molecule has 14 rings (SSSR count). The average molecular weight is 830 g/mol. The summed E-state index contributed by atoms with van der Waals surface area (Å²) in [6, 6.07) is 74.9. The molecule has 0 fully saturated rings. The average Bonchev–Trinajstić information content (AvgIpc) is 4.03. The van der Waals surface area contributed by atoms with Gasteiger partial charge in [-0.1, -0.05) is 152 Å². The Morgan fingerprint density at radius 1 is 0.338 bits per heavy atom. The molecule has 0 N–H and O–H groups in total. The molecule has 6 nitrogen and oxygen atoms in total. The van der Waals surface area contributed by atoms with E-state index in [1.54, 1.807) is 0 Å². The van der Waals surface area contributed by atoms with Crippen molar-refractivity contribution < 1.29 is 4.42 Å². The Morgan fingerprint density at radius 3 is 1.82 bits per heavy atom. The minimum absolute atomic E-state index is 0.550. The van der Waals surface area contributed by atoms with Crippen LogP contribution in [-0.4, -0.2) is 24.1 Å². The molecule has 65 heavy (non-hydrogen) atoms. The summed E-state index contributed by atoms with van der Waals surface area (Å²) >= 11 is 0. The van der Waals surface area contributed by atoms with E-state index >= 15 is 0 Å². The number of para-hydroxylation sites is 4. The van der Waals surface area contributed by atoms with Gasteiger partial charge in [-0.25, -0.2) is 15.0 Å². The van der Waals surface area contributed by atoms with E-state index in [2.05, 4.69) is 191 Å². The van der Waals surface area contributed by atoms with Gasteiger partial charge in [-0.3, -0.25) is 0 Å². The summed E-state index contributed by atoms with van der Waals surface area (Å²) in [6.07, 6.45) is 0. The van der Waals surface area contributed by atoms with E-state index in [1.807, 2.05) is 30.3 Å². The fourth-order valence-electron chi connectivity index (χ4n) is 10.3. The van der Waals surface area contributed by atoms with Crippen LogP contribution in [-0.2, 0) is 0 Å². The minimum atomic E-state index is 0.550. The first-order valence-electron chi connectivity index (χ1n) is 21.9. The molecule has 0 amide bonds. The van der Waals surface area contributed by atoms with Crippen LogP contribution in [0.25, 0.3) is 133 Å². The van der Waals surface area contributed by atoms with Crippen LogP contribution < -0.4 is 0 Å². The number of benzene rings is 10. The Balaban J connectivity index is 1.10. The Labute approximate surface area is 371 Å². The summed E-state index contributed by atoms with van der Waals surface area (Å²) in [5.74, 6) is 1.72. The lowest BCUT2D eigenvalue weighted by molar-refractivity contribution is 0.669. The predicted octanol–water partition coefficient (Wildman–Crippen LogP) is 15.3. The van der Waals surface area contributed by atoms with Crippen LogP contribution in [0.2, 0.25) is 0 Å². The lowest BCUT2D eigenvalue weighted by atomic mass is 10.0. The summed E-state index contributed by atoms with van der Waals surface area (Å²) in [4.78, 5) is 16.1. The molecule has 14 aromatic rings. The summed E-state index contributed by atoms with van der Waals surface area (Å²) in [6.45, 7) is 0. The van der Waals surface area contributed by atoms with Gasteiger partial charge in [0.2, 0.25) is 0 Å². The highest BCUT2D eigenvalue weighted by molar-refractivity contribution is 6.24. The fraction of sp³-hybridized carbons (Fsp3) is 0. The van der Waals surface area contributed by atoms with Crippen LogP contribution in [0.15, 0.2) is 217 Å². The summed E-state index contributed by atoms with van der Waals surface area (Å²) in [5.41, 5.74) is 10.6. The zero-order chi connectivity index (χ0) is 42.6. The molecule has 0 saturated heterocycles. The van der Waals surface area contributed by atoms with E-state index in [4.69, 9.17) is 19.4 Å². The van der Waals surface area contributed by atoms with Gasteiger partial charge in [0.1, 0.15) is 11.2 Å². The molecule has 0 aliphatic heterocycles. The van der Waals surface area contributed by atoms with Gasteiger partial charge in [-0.05, 0) is 82.2 Å². The van der Waals surface area contributed by atoms with E-state index in [0.29, 0.717) is 17.5 Å². The van der Waals surface area contributed by atoms with Gasteiger partial charge in [-0.2, -0.15) is 0 Å². The highest BCUT2D eigenvalue weighted by Gasteiger charge is 2.24. The van der Waals surface area contributed by atoms with Gasteiger partial charge in [-0.15, -0.1) is 0 Å². The van der Waals surface area contributed by atoms with Crippen LogP contribution in [0.4, 0.5) is 0 Å². The minimum Gasteiger partial charge on any atom is -0.456 e. The Morgan fingerprint density at radius 2 is 0.985 bits per heavy atom. The third kappa shape index (κ3) is 5.38. The van der Waals surface area contributed by atoms with Gasteiger partial charge in [0.05, 0.1) is 33.1 Å². The summed E-state index contributed by atoms with van der Waals surface area (Å²) in [5, 5.41) is 11.6. The van der Waals surface area contributed by atoms with Gasteiger partial charge < -0.3 is 13.6 Å². The fourth-order valence-corrected chi connectivity index (χ4v) is 10.3. The van der Waals surface area contributed by atoms with E-state index in [9.17, 15) is 0 Å². The van der Waals surface area contributed by atoms with Crippen molar-refractivity contribution >= 4 is 87.1 Å². The number of fused-ring (bicyclic) bond motifs is 12. The molecular formula is C59H35N5O. The molecule has 0 bridgehead atoms. The highest BCUT2D eigenvalue weighted by Crippen LogP contribution is 2.44. The normalized spacial score (nSPS) is 12.0. The number of furan rings is 1. The topological polar surface area (TPSA) is 61.7 Å². The van der Waals surface area contributed by atoms with Crippen LogP contribution >= 0.6 is 0 Å². The molecule has 0 atom stereocenters. The second-order valence-electron chi connectivity index (χ2n) is 16.8. The van der Waals surface area contributed by atoms with Crippen molar-refractivity contribution in [2.45, 2.75) is 0 Å². The Bertz CT molecular complexity index is 4240. The third-order valence-corrected chi connectivity index (χ3v) is 13.1.